The topological polar surface area (TPSA) is 35.5 Å². The van der Waals surface area contributed by atoms with Gasteiger partial charge in [-0.1, -0.05) is 0 Å². The minimum Gasteiger partial charge on any atom is -0.454 e. The van der Waals surface area contributed by atoms with Crippen LogP contribution in [-0.2, 0) is 0 Å². The standard InChI is InChI=1S/C10H9ClO3/c1-6-2-9-10(14-5-13-9)3-7(6)8(12)4-11/h2-3H,4-5H2,1H3. The van der Waals surface area contributed by atoms with E-state index in [1.807, 2.05) is 6.92 Å². The Hall–Kier alpha value is -1.22. The van der Waals surface area contributed by atoms with E-state index < -0.39 is 0 Å². The van der Waals surface area contributed by atoms with Gasteiger partial charge in [-0.25, -0.2) is 0 Å². The molecule has 0 fully saturated rings. The van der Waals surface area contributed by atoms with Crippen LogP contribution in [-0.4, -0.2) is 18.5 Å². The van der Waals surface area contributed by atoms with Crippen molar-refractivity contribution in [3.63, 3.8) is 0 Å². The number of ketones is 1. The van der Waals surface area contributed by atoms with E-state index in [2.05, 4.69) is 0 Å². The number of hydrogen-bond acceptors (Lipinski definition) is 3. The molecule has 0 N–H and O–H groups in total. The fourth-order valence-electron chi connectivity index (χ4n) is 1.42. The lowest BCUT2D eigenvalue weighted by Crippen LogP contribution is -2.02. The Morgan fingerprint density at radius 3 is 2.71 bits per heavy atom. The van der Waals surface area contributed by atoms with Crippen LogP contribution in [0.5, 0.6) is 11.5 Å². The lowest BCUT2D eigenvalue weighted by molar-refractivity contribution is 0.102. The maximum absolute atomic E-state index is 11.4. The first kappa shape index (κ1) is 9.34. The van der Waals surface area contributed by atoms with E-state index in [0.29, 0.717) is 17.1 Å². The van der Waals surface area contributed by atoms with Crippen molar-refractivity contribution in [1.29, 1.82) is 0 Å². The van der Waals surface area contributed by atoms with Crippen LogP contribution in [0.25, 0.3) is 0 Å². The van der Waals surface area contributed by atoms with Crippen molar-refractivity contribution in [2.24, 2.45) is 0 Å². The van der Waals surface area contributed by atoms with Gasteiger partial charge in [-0.15, -0.1) is 11.6 Å². The van der Waals surface area contributed by atoms with Crippen LogP contribution in [0.1, 0.15) is 15.9 Å². The second-order valence-electron chi connectivity index (χ2n) is 3.08. The van der Waals surface area contributed by atoms with Gasteiger partial charge in [0.15, 0.2) is 17.3 Å². The summed E-state index contributed by atoms with van der Waals surface area (Å²) in [5, 5.41) is 0. The third-order valence-corrected chi connectivity index (χ3v) is 2.38. The molecule has 0 amide bonds. The van der Waals surface area contributed by atoms with E-state index >= 15 is 0 Å². The average Bonchev–Trinajstić information content (AvgIpc) is 2.62. The van der Waals surface area contributed by atoms with Gasteiger partial charge in [0, 0.05) is 5.56 Å². The van der Waals surface area contributed by atoms with Crippen molar-refractivity contribution in [1.82, 2.24) is 0 Å². The average molecular weight is 213 g/mol. The van der Waals surface area contributed by atoms with Crippen LogP contribution >= 0.6 is 11.6 Å². The minimum atomic E-state index is -0.0949. The molecular weight excluding hydrogens is 204 g/mol. The lowest BCUT2D eigenvalue weighted by atomic mass is 10.0. The van der Waals surface area contributed by atoms with Crippen molar-refractivity contribution in [2.45, 2.75) is 6.92 Å². The molecule has 0 spiro atoms. The van der Waals surface area contributed by atoms with Gasteiger partial charge in [-0.05, 0) is 24.6 Å². The van der Waals surface area contributed by atoms with Gasteiger partial charge in [0.25, 0.3) is 0 Å². The maximum atomic E-state index is 11.4. The third kappa shape index (κ3) is 1.44. The molecule has 0 saturated carbocycles. The van der Waals surface area contributed by atoms with Crippen molar-refractivity contribution in [3.8, 4) is 11.5 Å². The van der Waals surface area contributed by atoms with E-state index in [1.54, 1.807) is 12.1 Å². The number of rotatable bonds is 2. The second kappa shape index (κ2) is 3.50. The zero-order valence-corrected chi connectivity index (χ0v) is 8.43. The second-order valence-corrected chi connectivity index (χ2v) is 3.34. The fourth-order valence-corrected chi connectivity index (χ4v) is 1.56. The summed E-state index contributed by atoms with van der Waals surface area (Å²) in [4.78, 5) is 11.4. The monoisotopic (exact) mass is 212 g/mol. The van der Waals surface area contributed by atoms with Gasteiger partial charge < -0.3 is 9.47 Å². The molecule has 1 aromatic carbocycles. The van der Waals surface area contributed by atoms with E-state index in [-0.39, 0.29) is 18.5 Å². The van der Waals surface area contributed by atoms with Crippen LogP contribution in [0.2, 0.25) is 0 Å². The van der Waals surface area contributed by atoms with Gasteiger partial charge in [0.1, 0.15) is 0 Å². The molecule has 0 bridgehead atoms. The number of carbonyl (C=O) groups excluding carboxylic acids is 1. The number of Topliss-reactive ketones (excluding diaryl/α,β-unsaturated/α-hetero) is 1. The highest BCUT2D eigenvalue weighted by molar-refractivity contribution is 6.30. The molecule has 4 heteroatoms. The summed E-state index contributed by atoms with van der Waals surface area (Å²) in [6, 6.07) is 3.48. The Balaban J connectivity index is 2.47. The summed E-state index contributed by atoms with van der Waals surface area (Å²) < 4.78 is 10.4. The first-order valence-electron chi connectivity index (χ1n) is 4.22. The molecule has 0 atom stereocenters. The smallest absolute Gasteiger partial charge is 0.231 e. The van der Waals surface area contributed by atoms with E-state index in [0.717, 1.165) is 5.56 Å². The number of fused-ring (bicyclic) bond motifs is 1. The molecule has 0 radical (unpaired) electrons. The molecule has 0 aliphatic carbocycles. The predicted molar refractivity (Wildman–Crippen MR) is 52.4 cm³/mol. The molecule has 1 aliphatic rings. The fraction of sp³-hybridized carbons (Fsp3) is 0.300. The zero-order valence-electron chi connectivity index (χ0n) is 7.67. The summed E-state index contributed by atoms with van der Waals surface area (Å²) in [5.74, 6) is 1.20. The first-order chi connectivity index (χ1) is 6.72. The molecule has 0 aromatic heterocycles. The number of alkyl halides is 1. The van der Waals surface area contributed by atoms with Gasteiger partial charge in [0.2, 0.25) is 6.79 Å². The largest absolute Gasteiger partial charge is 0.454 e. The Bertz CT molecular complexity index is 387. The van der Waals surface area contributed by atoms with Crippen molar-refractivity contribution in [3.05, 3.63) is 23.3 Å². The van der Waals surface area contributed by atoms with Crippen LogP contribution in [0.4, 0.5) is 0 Å². The van der Waals surface area contributed by atoms with Gasteiger partial charge in [0.05, 0.1) is 5.88 Å². The quantitative estimate of drug-likeness (QED) is 0.557. The molecule has 14 heavy (non-hydrogen) atoms. The highest BCUT2D eigenvalue weighted by Gasteiger charge is 2.18. The number of carbonyl (C=O) groups is 1. The summed E-state index contributed by atoms with van der Waals surface area (Å²) in [5.41, 5.74) is 1.46. The maximum Gasteiger partial charge on any atom is 0.231 e. The molecular formula is C10H9ClO3. The Morgan fingerprint density at radius 2 is 2.07 bits per heavy atom. The summed E-state index contributed by atoms with van der Waals surface area (Å²) >= 11 is 5.49. The number of hydrogen-bond donors (Lipinski definition) is 0. The van der Waals surface area contributed by atoms with Gasteiger partial charge >= 0.3 is 0 Å². The molecule has 0 unspecified atom stereocenters. The molecule has 1 aliphatic heterocycles. The van der Waals surface area contributed by atoms with Crippen molar-refractivity contribution in [2.75, 3.05) is 12.7 Å². The molecule has 3 nitrogen and oxygen atoms in total. The lowest BCUT2D eigenvalue weighted by Gasteiger charge is -2.04. The first-order valence-corrected chi connectivity index (χ1v) is 4.75. The van der Waals surface area contributed by atoms with E-state index in [1.165, 1.54) is 0 Å². The third-order valence-electron chi connectivity index (χ3n) is 2.14. The molecule has 0 saturated heterocycles. The number of halogens is 1. The Kier molecular flexibility index (Phi) is 2.33. The molecule has 1 aromatic rings. The van der Waals surface area contributed by atoms with E-state index in [9.17, 15) is 4.79 Å². The number of benzene rings is 1. The highest BCUT2D eigenvalue weighted by Crippen LogP contribution is 2.34. The minimum absolute atomic E-state index is 0.0134. The van der Waals surface area contributed by atoms with Crippen LogP contribution in [0.3, 0.4) is 0 Å². The Morgan fingerprint density at radius 1 is 1.43 bits per heavy atom. The molecule has 2 rings (SSSR count). The number of aryl methyl sites for hydroxylation is 1. The van der Waals surface area contributed by atoms with Crippen LogP contribution in [0.15, 0.2) is 12.1 Å². The van der Waals surface area contributed by atoms with Crippen LogP contribution in [0, 0.1) is 6.92 Å². The van der Waals surface area contributed by atoms with Crippen molar-refractivity contribution >= 4 is 17.4 Å². The SMILES string of the molecule is Cc1cc2c(cc1C(=O)CCl)OCO2. The Labute approximate surface area is 86.6 Å². The van der Waals surface area contributed by atoms with Crippen molar-refractivity contribution < 1.29 is 14.3 Å². The normalized spacial score (nSPS) is 13.0. The summed E-state index contributed by atoms with van der Waals surface area (Å²) in [6.07, 6.45) is 0. The molecule has 74 valence electrons. The van der Waals surface area contributed by atoms with Gasteiger partial charge in [-0.2, -0.15) is 0 Å². The summed E-state index contributed by atoms with van der Waals surface area (Å²) in [6.45, 7) is 2.06. The zero-order chi connectivity index (χ0) is 10.1. The van der Waals surface area contributed by atoms with Crippen LogP contribution < -0.4 is 9.47 Å². The highest BCUT2D eigenvalue weighted by atomic mass is 35.5. The summed E-state index contributed by atoms with van der Waals surface area (Å²) in [7, 11) is 0. The predicted octanol–water partition coefficient (Wildman–Crippen LogP) is 2.15. The number of ether oxygens (including phenoxy) is 2. The van der Waals surface area contributed by atoms with E-state index in [4.69, 9.17) is 21.1 Å². The molecule has 1 heterocycles. The van der Waals surface area contributed by atoms with Gasteiger partial charge in [-0.3, -0.25) is 4.79 Å².